The van der Waals surface area contributed by atoms with Crippen LogP contribution in [0.2, 0.25) is 0 Å². The van der Waals surface area contributed by atoms with Crippen LogP contribution in [0.5, 0.6) is 0 Å². The molecule has 0 aromatic carbocycles. The number of hydrogen-bond acceptors (Lipinski definition) is 6. The van der Waals surface area contributed by atoms with Gasteiger partial charge in [-0.2, -0.15) is 12.6 Å². The van der Waals surface area contributed by atoms with Crippen molar-refractivity contribution in [1.82, 2.24) is 4.98 Å². The van der Waals surface area contributed by atoms with Crippen LogP contribution in [-0.2, 0) is 4.79 Å². The number of pyridine rings is 1. The molecule has 7 heteroatoms. The van der Waals surface area contributed by atoms with Crippen LogP contribution in [0.15, 0.2) is 29.4 Å². The van der Waals surface area contributed by atoms with Crippen molar-refractivity contribution >= 4 is 40.2 Å². The van der Waals surface area contributed by atoms with E-state index in [9.17, 15) is 4.79 Å². The Morgan fingerprint density at radius 3 is 2.87 bits per heavy atom. The molecule has 0 aliphatic rings. The van der Waals surface area contributed by atoms with Crippen LogP contribution >= 0.6 is 34.2 Å². The lowest BCUT2D eigenvalue weighted by atomic mass is 10.4. The first-order chi connectivity index (χ1) is 7.08. The van der Waals surface area contributed by atoms with Crippen molar-refractivity contribution in [2.45, 2.75) is 9.90 Å². The number of aliphatic carboxylic acids is 1. The van der Waals surface area contributed by atoms with Gasteiger partial charge in [-0.25, -0.2) is 9.78 Å². The molecule has 1 heterocycles. The predicted molar refractivity (Wildman–Crippen MR) is 66.1 cm³/mol. The van der Waals surface area contributed by atoms with Crippen molar-refractivity contribution in [3.63, 3.8) is 0 Å². The topological polar surface area (TPSA) is 76.2 Å². The molecule has 0 amide bonds. The van der Waals surface area contributed by atoms with Crippen LogP contribution in [-0.4, -0.2) is 26.7 Å². The predicted octanol–water partition coefficient (Wildman–Crippen LogP) is 1.49. The zero-order valence-corrected chi connectivity index (χ0v) is 10.2. The Bertz CT molecular complexity index is 336. The minimum Gasteiger partial charge on any atom is -0.479 e. The highest BCUT2D eigenvalue weighted by atomic mass is 33.1. The molecule has 0 saturated heterocycles. The Morgan fingerprint density at radius 2 is 2.40 bits per heavy atom. The van der Waals surface area contributed by atoms with Crippen molar-refractivity contribution in [3.8, 4) is 0 Å². The monoisotopic (exact) mass is 262 g/mol. The number of thiol groups is 1. The van der Waals surface area contributed by atoms with Crippen molar-refractivity contribution < 1.29 is 9.90 Å². The molecule has 0 fully saturated rings. The Kier molecular flexibility index (Phi) is 4.78. The maximum Gasteiger partial charge on any atom is 0.335 e. The number of nitrogens with two attached hydrogens (primary N) is 1. The molecular formula is C8H10N2O2S3. The minimum absolute atomic E-state index is 0.0623. The van der Waals surface area contributed by atoms with E-state index in [2.05, 4.69) is 17.6 Å². The van der Waals surface area contributed by atoms with Gasteiger partial charge in [0.25, 0.3) is 0 Å². The van der Waals surface area contributed by atoms with E-state index in [1.165, 1.54) is 10.8 Å². The summed E-state index contributed by atoms with van der Waals surface area (Å²) in [5.41, 5.74) is 5.63. The van der Waals surface area contributed by atoms with E-state index in [0.29, 0.717) is 0 Å². The lowest BCUT2D eigenvalue weighted by Crippen LogP contribution is -2.45. The molecule has 0 aliphatic carbocycles. The molecule has 1 aromatic rings. The molecule has 1 rings (SSSR count). The maximum absolute atomic E-state index is 10.8. The Morgan fingerprint density at radius 1 is 1.67 bits per heavy atom. The third-order valence-corrected chi connectivity index (χ3v) is 4.99. The fraction of sp³-hybridized carbons (Fsp3) is 0.250. The second-order valence-electron chi connectivity index (χ2n) is 2.69. The molecule has 4 nitrogen and oxygen atoms in total. The van der Waals surface area contributed by atoms with Crippen molar-refractivity contribution in [2.24, 2.45) is 5.73 Å². The highest BCUT2D eigenvalue weighted by molar-refractivity contribution is 8.77. The standard InChI is InChI=1S/C8H10N2O2S3/c9-8(5-13,7(11)12)15-14-6-3-1-2-4-10-6/h1-4,13H,5,9H2,(H,11,12)/t8-/m1/s1. The van der Waals surface area contributed by atoms with Crippen LogP contribution in [0.4, 0.5) is 0 Å². The summed E-state index contributed by atoms with van der Waals surface area (Å²) in [6.07, 6.45) is 1.64. The Balaban J connectivity index is 2.59. The highest BCUT2D eigenvalue weighted by Crippen LogP contribution is 2.37. The molecule has 0 spiro atoms. The van der Waals surface area contributed by atoms with Gasteiger partial charge in [0.15, 0.2) is 4.87 Å². The first-order valence-electron chi connectivity index (χ1n) is 3.98. The summed E-state index contributed by atoms with van der Waals surface area (Å²) in [5.74, 6) is -1.02. The lowest BCUT2D eigenvalue weighted by Gasteiger charge is -2.20. The van der Waals surface area contributed by atoms with Crippen molar-refractivity contribution in [3.05, 3.63) is 24.4 Å². The number of nitrogens with zero attached hydrogens (tertiary/aromatic N) is 1. The van der Waals surface area contributed by atoms with E-state index >= 15 is 0 Å². The molecule has 0 radical (unpaired) electrons. The zero-order valence-electron chi connectivity index (χ0n) is 7.66. The van der Waals surface area contributed by atoms with Crippen LogP contribution in [0.1, 0.15) is 0 Å². The molecule has 15 heavy (non-hydrogen) atoms. The van der Waals surface area contributed by atoms with Crippen LogP contribution in [0.25, 0.3) is 0 Å². The number of rotatable bonds is 5. The first kappa shape index (κ1) is 12.7. The zero-order chi connectivity index (χ0) is 11.3. The number of carboxylic acids is 1. The van der Waals surface area contributed by atoms with Crippen LogP contribution < -0.4 is 5.73 Å². The minimum atomic E-state index is -1.38. The molecule has 1 atom stereocenters. The van der Waals surface area contributed by atoms with Gasteiger partial charge in [0.2, 0.25) is 0 Å². The van der Waals surface area contributed by atoms with Gasteiger partial charge in [-0.05, 0) is 22.9 Å². The lowest BCUT2D eigenvalue weighted by molar-refractivity contribution is -0.139. The molecule has 0 aliphatic heterocycles. The van der Waals surface area contributed by atoms with Gasteiger partial charge < -0.3 is 10.8 Å². The van der Waals surface area contributed by atoms with Gasteiger partial charge in [0.1, 0.15) is 5.03 Å². The van der Waals surface area contributed by atoms with Crippen LogP contribution in [0.3, 0.4) is 0 Å². The number of hydrogen-bond donors (Lipinski definition) is 3. The van der Waals surface area contributed by atoms with Gasteiger partial charge in [0.05, 0.1) is 0 Å². The second-order valence-corrected chi connectivity index (χ2v) is 5.48. The maximum atomic E-state index is 10.8. The first-order valence-corrected chi connectivity index (χ1v) is 6.76. The third-order valence-electron chi connectivity index (χ3n) is 1.51. The largest absolute Gasteiger partial charge is 0.479 e. The molecule has 1 aromatic heterocycles. The van der Waals surface area contributed by atoms with E-state index in [4.69, 9.17) is 10.8 Å². The van der Waals surface area contributed by atoms with Crippen LogP contribution in [0, 0.1) is 0 Å². The van der Waals surface area contributed by atoms with E-state index in [0.717, 1.165) is 15.8 Å². The Hall–Kier alpha value is -0.370. The fourth-order valence-electron chi connectivity index (χ4n) is 0.643. The van der Waals surface area contributed by atoms with E-state index in [1.54, 1.807) is 18.3 Å². The third kappa shape index (κ3) is 3.60. The number of aromatic nitrogens is 1. The van der Waals surface area contributed by atoms with Crippen molar-refractivity contribution in [1.29, 1.82) is 0 Å². The smallest absolute Gasteiger partial charge is 0.335 e. The molecule has 3 N–H and O–H groups in total. The summed E-state index contributed by atoms with van der Waals surface area (Å²) in [4.78, 5) is 13.5. The SMILES string of the molecule is N[C@](CS)(SSc1ccccn1)C(=O)O. The average Bonchev–Trinajstić information content (AvgIpc) is 2.27. The molecule has 0 bridgehead atoms. The number of carboxylic acid groups (broad SMARTS) is 1. The van der Waals surface area contributed by atoms with Gasteiger partial charge in [-0.15, -0.1) is 0 Å². The molecular weight excluding hydrogens is 252 g/mol. The van der Waals surface area contributed by atoms with E-state index in [-0.39, 0.29) is 5.75 Å². The highest BCUT2D eigenvalue weighted by Gasteiger charge is 2.34. The Labute approximate surface area is 101 Å². The van der Waals surface area contributed by atoms with Gasteiger partial charge in [-0.1, -0.05) is 16.9 Å². The summed E-state index contributed by atoms with van der Waals surface area (Å²) >= 11 is 3.93. The van der Waals surface area contributed by atoms with E-state index in [1.807, 2.05) is 6.07 Å². The van der Waals surface area contributed by atoms with Gasteiger partial charge in [-0.3, -0.25) is 0 Å². The van der Waals surface area contributed by atoms with Gasteiger partial charge in [0, 0.05) is 11.9 Å². The second kappa shape index (κ2) is 5.64. The molecule has 0 saturated carbocycles. The van der Waals surface area contributed by atoms with Gasteiger partial charge >= 0.3 is 5.97 Å². The quantitative estimate of drug-likeness (QED) is 0.424. The summed E-state index contributed by atoms with van der Waals surface area (Å²) in [6.45, 7) is 0. The summed E-state index contributed by atoms with van der Waals surface area (Å²) in [5, 5.41) is 9.60. The molecule has 0 unspecified atom stereocenters. The summed E-state index contributed by atoms with van der Waals surface area (Å²) < 4.78 is 0. The van der Waals surface area contributed by atoms with Crippen molar-refractivity contribution in [2.75, 3.05) is 5.75 Å². The number of carbonyl (C=O) groups is 1. The van der Waals surface area contributed by atoms with E-state index < -0.39 is 10.8 Å². The molecule has 82 valence electrons. The normalized spacial score (nSPS) is 14.5. The average molecular weight is 262 g/mol. The summed E-state index contributed by atoms with van der Waals surface area (Å²) in [7, 11) is 2.27. The summed E-state index contributed by atoms with van der Waals surface area (Å²) in [6, 6.07) is 5.41. The fourth-order valence-corrected chi connectivity index (χ4v) is 3.22.